The Balaban J connectivity index is 1.66. The lowest BCUT2D eigenvalue weighted by atomic mass is 9.77. The highest BCUT2D eigenvalue weighted by atomic mass is 16.5. The Kier molecular flexibility index (Phi) is 4.51. The van der Waals surface area contributed by atoms with Gasteiger partial charge in [0.25, 0.3) is 0 Å². The van der Waals surface area contributed by atoms with E-state index in [9.17, 15) is 0 Å². The van der Waals surface area contributed by atoms with Crippen molar-refractivity contribution in [3.63, 3.8) is 0 Å². The molecule has 21 heavy (non-hydrogen) atoms. The van der Waals surface area contributed by atoms with Crippen molar-refractivity contribution in [2.45, 2.75) is 32.6 Å². The molecule has 1 aromatic carbocycles. The average Bonchev–Trinajstić information content (AvgIpc) is 3.07. The van der Waals surface area contributed by atoms with Gasteiger partial charge in [0.1, 0.15) is 5.75 Å². The van der Waals surface area contributed by atoms with Crippen LogP contribution in [0.3, 0.4) is 0 Å². The van der Waals surface area contributed by atoms with E-state index < -0.39 is 0 Å². The van der Waals surface area contributed by atoms with Crippen LogP contribution in [0.1, 0.15) is 38.2 Å². The summed E-state index contributed by atoms with van der Waals surface area (Å²) in [4.78, 5) is 0. The Bertz CT molecular complexity index is 466. The number of hydrogen-bond acceptors (Lipinski definition) is 3. The van der Waals surface area contributed by atoms with Crippen molar-refractivity contribution >= 4 is 0 Å². The lowest BCUT2D eigenvalue weighted by Gasteiger charge is -2.30. The predicted octanol–water partition coefficient (Wildman–Crippen LogP) is 3.21. The van der Waals surface area contributed by atoms with Gasteiger partial charge in [-0.15, -0.1) is 0 Å². The van der Waals surface area contributed by atoms with E-state index in [-0.39, 0.29) is 5.41 Å². The zero-order chi connectivity index (χ0) is 14.7. The molecule has 116 valence electrons. The third-order valence-electron chi connectivity index (χ3n) is 4.72. The monoisotopic (exact) mass is 289 g/mol. The summed E-state index contributed by atoms with van der Waals surface area (Å²) >= 11 is 0. The van der Waals surface area contributed by atoms with E-state index in [2.05, 4.69) is 43.4 Å². The van der Waals surface area contributed by atoms with Crippen molar-refractivity contribution in [1.29, 1.82) is 0 Å². The molecule has 1 saturated heterocycles. The van der Waals surface area contributed by atoms with Crippen LogP contribution in [0.15, 0.2) is 24.3 Å². The number of hydrogen-bond donors (Lipinski definition) is 1. The highest BCUT2D eigenvalue weighted by Crippen LogP contribution is 2.43. The van der Waals surface area contributed by atoms with Crippen molar-refractivity contribution in [3.8, 4) is 5.75 Å². The van der Waals surface area contributed by atoms with E-state index >= 15 is 0 Å². The molecule has 2 unspecified atom stereocenters. The van der Waals surface area contributed by atoms with Gasteiger partial charge in [0.15, 0.2) is 0 Å². The molecule has 1 aromatic rings. The van der Waals surface area contributed by atoms with E-state index in [0.29, 0.717) is 11.8 Å². The average molecular weight is 289 g/mol. The third-order valence-corrected chi connectivity index (χ3v) is 4.72. The highest BCUT2D eigenvalue weighted by Gasteiger charge is 2.39. The lowest BCUT2D eigenvalue weighted by Crippen LogP contribution is -2.38. The molecular weight excluding hydrogens is 262 g/mol. The smallest absolute Gasteiger partial charge is 0.122 e. The van der Waals surface area contributed by atoms with E-state index in [1.807, 2.05) is 0 Å². The molecule has 0 spiro atoms. The zero-order valence-corrected chi connectivity index (χ0v) is 13.2. The fourth-order valence-electron chi connectivity index (χ4n) is 3.57. The summed E-state index contributed by atoms with van der Waals surface area (Å²) in [5, 5.41) is 3.64. The van der Waals surface area contributed by atoms with Crippen LogP contribution in [0.5, 0.6) is 5.75 Å². The molecule has 3 rings (SSSR count). The number of nitrogens with one attached hydrogen (secondary N) is 1. The van der Waals surface area contributed by atoms with Gasteiger partial charge in [-0.2, -0.15) is 0 Å². The second-order valence-electron chi connectivity index (χ2n) is 7.08. The molecule has 1 N–H and O–H groups in total. The molecule has 0 amide bonds. The normalized spacial score (nSPS) is 27.9. The van der Waals surface area contributed by atoms with Crippen molar-refractivity contribution in [2.24, 2.45) is 11.3 Å². The van der Waals surface area contributed by atoms with Crippen molar-refractivity contribution in [3.05, 3.63) is 29.8 Å². The largest absolute Gasteiger partial charge is 0.493 e. The molecule has 0 saturated carbocycles. The van der Waals surface area contributed by atoms with Crippen LogP contribution >= 0.6 is 0 Å². The Morgan fingerprint density at radius 3 is 2.95 bits per heavy atom. The molecule has 2 heterocycles. The first-order valence-electron chi connectivity index (χ1n) is 8.19. The predicted molar refractivity (Wildman–Crippen MR) is 84.9 cm³/mol. The van der Waals surface area contributed by atoms with Gasteiger partial charge in [-0.1, -0.05) is 32.0 Å². The fraction of sp³-hybridized carbons (Fsp3) is 0.667. The summed E-state index contributed by atoms with van der Waals surface area (Å²) in [5.41, 5.74) is 1.66. The molecule has 3 nitrogen and oxygen atoms in total. The summed E-state index contributed by atoms with van der Waals surface area (Å²) in [6.07, 6.45) is 2.33. The van der Waals surface area contributed by atoms with Crippen molar-refractivity contribution in [1.82, 2.24) is 5.32 Å². The summed E-state index contributed by atoms with van der Waals surface area (Å²) in [5.74, 6) is 2.29. The molecule has 2 atom stereocenters. The van der Waals surface area contributed by atoms with Gasteiger partial charge in [0.2, 0.25) is 0 Å². The Labute approximate surface area is 128 Å². The van der Waals surface area contributed by atoms with Crippen LogP contribution < -0.4 is 10.1 Å². The SMILES string of the molecule is CC(C)CNCC1(CC2COc3ccccc32)CCOC1. The van der Waals surface area contributed by atoms with E-state index in [0.717, 1.165) is 51.5 Å². The Morgan fingerprint density at radius 2 is 2.19 bits per heavy atom. The van der Waals surface area contributed by atoms with Crippen molar-refractivity contribution in [2.75, 3.05) is 32.9 Å². The summed E-state index contributed by atoms with van der Waals surface area (Å²) in [6, 6.07) is 8.48. The first kappa shape index (κ1) is 14.9. The van der Waals surface area contributed by atoms with Crippen LogP contribution in [0, 0.1) is 11.3 Å². The maximum atomic E-state index is 5.85. The van der Waals surface area contributed by atoms with Gasteiger partial charge in [-0.3, -0.25) is 0 Å². The van der Waals surface area contributed by atoms with Gasteiger partial charge in [0, 0.05) is 30.0 Å². The minimum absolute atomic E-state index is 0.278. The number of ether oxygens (including phenoxy) is 2. The fourth-order valence-corrected chi connectivity index (χ4v) is 3.57. The molecule has 2 aliphatic rings. The lowest BCUT2D eigenvalue weighted by molar-refractivity contribution is 0.134. The standard InChI is InChI=1S/C18H27NO2/c1-14(2)10-19-12-18(7-8-20-13-18)9-15-11-21-17-6-4-3-5-16(15)17/h3-6,14-15,19H,7-13H2,1-2H3. The topological polar surface area (TPSA) is 30.5 Å². The minimum atomic E-state index is 0.278. The molecule has 0 bridgehead atoms. The van der Waals surface area contributed by atoms with Crippen LogP contribution in [0.2, 0.25) is 0 Å². The van der Waals surface area contributed by atoms with Gasteiger partial charge >= 0.3 is 0 Å². The van der Waals surface area contributed by atoms with Gasteiger partial charge in [0.05, 0.1) is 13.2 Å². The molecular formula is C18H27NO2. The number of benzene rings is 1. The molecule has 0 aromatic heterocycles. The van der Waals surface area contributed by atoms with Gasteiger partial charge < -0.3 is 14.8 Å². The van der Waals surface area contributed by atoms with Gasteiger partial charge in [-0.05, 0) is 31.4 Å². The summed E-state index contributed by atoms with van der Waals surface area (Å²) < 4.78 is 11.6. The molecule has 3 heteroatoms. The van der Waals surface area contributed by atoms with E-state index in [1.54, 1.807) is 0 Å². The van der Waals surface area contributed by atoms with Gasteiger partial charge in [-0.25, -0.2) is 0 Å². The maximum absolute atomic E-state index is 5.85. The number of para-hydroxylation sites is 1. The van der Waals surface area contributed by atoms with Crippen LogP contribution in [-0.4, -0.2) is 32.9 Å². The third kappa shape index (κ3) is 3.41. The van der Waals surface area contributed by atoms with Crippen LogP contribution in [0.4, 0.5) is 0 Å². The second-order valence-corrected chi connectivity index (χ2v) is 7.08. The first-order chi connectivity index (χ1) is 10.2. The van der Waals surface area contributed by atoms with Crippen LogP contribution in [0.25, 0.3) is 0 Å². The Hall–Kier alpha value is -1.06. The summed E-state index contributed by atoms with van der Waals surface area (Å²) in [7, 11) is 0. The zero-order valence-electron chi connectivity index (χ0n) is 13.2. The number of fused-ring (bicyclic) bond motifs is 1. The second kappa shape index (κ2) is 6.37. The highest BCUT2D eigenvalue weighted by molar-refractivity contribution is 5.39. The summed E-state index contributed by atoms with van der Waals surface area (Å²) in [6.45, 7) is 9.27. The quantitative estimate of drug-likeness (QED) is 0.872. The molecule has 0 radical (unpaired) electrons. The molecule has 0 aliphatic carbocycles. The minimum Gasteiger partial charge on any atom is -0.493 e. The first-order valence-corrected chi connectivity index (χ1v) is 8.19. The van der Waals surface area contributed by atoms with E-state index in [4.69, 9.17) is 9.47 Å². The van der Waals surface area contributed by atoms with E-state index in [1.165, 1.54) is 5.56 Å². The van der Waals surface area contributed by atoms with Crippen LogP contribution in [-0.2, 0) is 4.74 Å². The molecule has 1 fully saturated rings. The Morgan fingerprint density at radius 1 is 1.33 bits per heavy atom. The van der Waals surface area contributed by atoms with Crippen molar-refractivity contribution < 1.29 is 9.47 Å². The molecule has 2 aliphatic heterocycles. The number of rotatable bonds is 6. The maximum Gasteiger partial charge on any atom is 0.122 e.